The Bertz CT molecular complexity index is 1360. The first-order valence-corrected chi connectivity index (χ1v) is 12.9. The standard InChI is InChI=1S/C25H26BrN3O6S/c1-17(18-10-12-21(33-2)23(14-18)35-4)27-28-25(30)16-29(20-8-6-5-7-9-20)36(31,32)24-15-19(26)11-13-22(24)34-3/h5-15H,16H2,1-4H3,(H,28,30)/b27-17-. The van der Waals surface area contributed by atoms with E-state index in [1.54, 1.807) is 61.5 Å². The molecule has 0 heterocycles. The minimum absolute atomic E-state index is 0.0824. The summed E-state index contributed by atoms with van der Waals surface area (Å²) in [5.74, 6) is 0.600. The molecule has 0 fully saturated rings. The fourth-order valence-corrected chi connectivity index (χ4v) is 5.44. The van der Waals surface area contributed by atoms with Crippen LogP contribution in [0.3, 0.4) is 0 Å². The third kappa shape index (κ3) is 6.16. The van der Waals surface area contributed by atoms with Crippen LogP contribution >= 0.6 is 15.9 Å². The molecule has 3 rings (SSSR count). The number of nitrogens with zero attached hydrogens (tertiary/aromatic N) is 2. The van der Waals surface area contributed by atoms with Crippen LogP contribution in [0.2, 0.25) is 0 Å². The Kier molecular flexibility index (Phi) is 8.94. The number of hydrogen-bond donors (Lipinski definition) is 1. The number of carbonyl (C=O) groups excluding carboxylic acids is 1. The number of anilines is 1. The Morgan fingerprint density at radius 3 is 2.19 bits per heavy atom. The van der Waals surface area contributed by atoms with Gasteiger partial charge in [0.15, 0.2) is 11.5 Å². The molecular weight excluding hydrogens is 550 g/mol. The van der Waals surface area contributed by atoms with E-state index in [1.807, 2.05) is 0 Å². The summed E-state index contributed by atoms with van der Waals surface area (Å²) in [6.07, 6.45) is 0. The number of hydrogen-bond acceptors (Lipinski definition) is 7. The predicted octanol–water partition coefficient (Wildman–Crippen LogP) is 4.21. The van der Waals surface area contributed by atoms with Gasteiger partial charge in [-0.3, -0.25) is 9.10 Å². The predicted molar refractivity (Wildman–Crippen MR) is 142 cm³/mol. The maximum atomic E-state index is 13.7. The molecule has 0 saturated carbocycles. The number of para-hydroxylation sites is 1. The van der Waals surface area contributed by atoms with Crippen LogP contribution in [0.25, 0.3) is 0 Å². The number of amides is 1. The Morgan fingerprint density at radius 1 is 0.917 bits per heavy atom. The van der Waals surface area contributed by atoms with Crippen LogP contribution in [0.4, 0.5) is 5.69 Å². The van der Waals surface area contributed by atoms with Gasteiger partial charge in [-0.25, -0.2) is 13.8 Å². The average molecular weight is 576 g/mol. The first-order valence-electron chi connectivity index (χ1n) is 10.7. The lowest BCUT2D eigenvalue weighted by atomic mass is 10.1. The van der Waals surface area contributed by atoms with Crippen molar-refractivity contribution in [1.82, 2.24) is 5.43 Å². The van der Waals surface area contributed by atoms with Crippen molar-refractivity contribution < 1.29 is 27.4 Å². The van der Waals surface area contributed by atoms with E-state index in [-0.39, 0.29) is 10.6 Å². The Labute approximate surface area is 218 Å². The van der Waals surface area contributed by atoms with Crippen LogP contribution in [0, 0.1) is 0 Å². The molecule has 1 N–H and O–H groups in total. The van der Waals surface area contributed by atoms with Crippen LogP contribution in [0.15, 0.2) is 81.2 Å². The molecule has 0 aliphatic rings. The smallest absolute Gasteiger partial charge is 0.268 e. The summed E-state index contributed by atoms with van der Waals surface area (Å²) in [4.78, 5) is 12.8. The highest BCUT2D eigenvalue weighted by molar-refractivity contribution is 9.10. The van der Waals surface area contributed by atoms with Gasteiger partial charge in [0.25, 0.3) is 15.9 Å². The quantitative estimate of drug-likeness (QED) is 0.286. The van der Waals surface area contributed by atoms with E-state index >= 15 is 0 Å². The summed E-state index contributed by atoms with van der Waals surface area (Å²) in [5.41, 5.74) is 3.94. The summed E-state index contributed by atoms with van der Waals surface area (Å²) >= 11 is 3.30. The van der Waals surface area contributed by atoms with Crippen molar-refractivity contribution in [3.8, 4) is 17.2 Å². The summed E-state index contributed by atoms with van der Waals surface area (Å²) < 4.78 is 44.7. The van der Waals surface area contributed by atoms with Crippen molar-refractivity contribution in [2.75, 3.05) is 32.2 Å². The molecule has 3 aromatic carbocycles. The van der Waals surface area contributed by atoms with Gasteiger partial charge in [0.1, 0.15) is 17.2 Å². The third-order valence-electron chi connectivity index (χ3n) is 5.17. The number of benzene rings is 3. The molecule has 0 unspecified atom stereocenters. The molecule has 0 saturated heterocycles. The maximum Gasteiger partial charge on any atom is 0.268 e. The molecule has 1 amide bonds. The highest BCUT2D eigenvalue weighted by atomic mass is 79.9. The van der Waals surface area contributed by atoms with E-state index in [4.69, 9.17) is 14.2 Å². The van der Waals surface area contributed by atoms with Crippen molar-refractivity contribution in [3.63, 3.8) is 0 Å². The largest absolute Gasteiger partial charge is 0.495 e. The molecule has 0 spiro atoms. The van der Waals surface area contributed by atoms with Gasteiger partial charge < -0.3 is 14.2 Å². The number of methoxy groups -OCH3 is 3. The molecule has 0 bridgehead atoms. The summed E-state index contributed by atoms with van der Waals surface area (Å²) in [7, 11) is 0.258. The number of rotatable bonds is 10. The highest BCUT2D eigenvalue weighted by Crippen LogP contribution is 2.32. The minimum Gasteiger partial charge on any atom is -0.495 e. The normalized spacial score (nSPS) is 11.5. The number of halogens is 1. The number of sulfonamides is 1. The number of carbonyl (C=O) groups is 1. The van der Waals surface area contributed by atoms with E-state index in [0.29, 0.717) is 32.9 Å². The Hall–Kier alpha value is -3.57. The molecular formula is C25H26BrN3O6S. The van der Waals surface area contributed by atoms with Crippen LogP contribution < -0.4 is 23.9 Å². The van der Waals surface area contributed by atoms with Gasteiger partial charge in [0.2, 0.25) is 0 Å². The second kappa shape index (κ2) is 11.9. The third-order valence-corrected chi connectivity index (χ3v) is 7.46. The maximum absolute atomic E-state index is 13.7. The van der Waals surface area contributed by atoms with Crippen LogP contribution in [0.1, 0.15) is 12.5 Å². The molecule has 0 atom stereocenters. The lowest BCUT2D eigenvalue weighted by Gasteiger charge is -2.24. The number of ether oxygens (including phenoxy) is 3. The Balaban J connectivity index is 1.89. The lowest BCUT2D eigenvalue weighted by Crippen LogP contribution is -2.40. The molecule has 9 nitrogen and oxygen atoms in total. The monoisotopic (exact) mass is 575 g/mol. The summed E-state index contributed by atoms with van der Waals surface area (Å²) in [5, 5.41) is 4.14. The van der Waals surface area contributed by atoms with E-state index in [2.05, 4.69) is 26.5 Å². The fourth-order valence-electron chi connectivity index (χ4n) is 3.32. The molecule has 0 aliphatic carbocycles. The van der Waals surface area contributed by atoms with Gasteiger partial charge in [0.05, 0.1) is 32.7 Å². The number of nitrogens with one attached hydrogen (secondary N) is 1. The molecule has 3 aromatic rings. The second-order valence-corrected chi connectivity index (χ2v) is 10.2. The van der Waals surface area contributed by atoms with Gasteiger partial charge >= 0.3 is 0 Å². The summed E-state index contributed by atoms with van der Waals surface area (Å²) in [6.45, 7) is 1.20. The van der Waals surface area contributed by atoms with E-state index in [9.17, 15) is 13.2 Å². The van der Waals surface area contributed by atoms with Crippen LogP contribution in [-0.2, 0) is 14.8 Å². The average Bonchev–Trinajstić information content (AvgIpc) is 2.90. The van der Waals surface area contributed by atoms with Crippen LogP contribution in [-0.4, -0.2) is 47.9 Å². The van der Waals surface area contributed by atoms with Gasteiger partial charge in [0, 0.05) is 10.0 Å². The van der Waals surface area contributed by atoms with Gasteiger partial charge in [-0.1, -0.05) is 34.1 Å². The van der Waals surface area contributed by atoms with Crippen molar-refractivity contribution in [2.45, 2.75) is 11.8 Å². The van der Waals surface area contributed by atoms with E-state index < -0.39 is 22.5 Å². The fraction of sp³-hybridized carbons (Fsp3) is 0.200. The van der Waals surface area contributed by atoms with Gasteiger partial charge in [-0.2, -0.15) is 5.10 Å². The second-order valence-electron chi connectivity index (χ2n) is 7.44. The SMILES string of the molecule is COc1ccc(/C(C)=N\NC(=O)CN(c2ccccc2)S(=O)(=O)c2cc(Br)ccc2OC)cc1OC. The zero-order chi connectivity index (χ0) is 26.3. The zero-order valence-electron chi connectivity index (χ0n) is 20.2. The minimum atomic E-state index is -4.18. The van der Waals surface area contributed by atoms with Crippen molar-refractivity contribution in [2.24, 2.45) is 5.10 Å². The van der Waals surface area contributed by atoms with Gasteiger partial charge in [-0.15, -0.1) is 0 Å². The van der Waals surface area contributed by atoms with Crippen molar-refractivity contribution in [3.05, 3.63) is 76.8 Å². The van der Waals surface area contributed by atoms with E-state index in [1.165, 1.54) is 33.5 Å². The Morgan fingerprint density at radius 2 is 1.56 bits per heavy atom. The van der Waals surface area contributed by atoms with Crippen molar-refractivity contribution in [1.29, 1.82) is 0 Å². The topological polar surface area (TPSA) is 107 Å². The van der Waals surface area contributed by atoms with Gasteiger partial charge in [-0.05, 0) is 55.5 Å². The molecule has 0 aromatic heterocycles. The lowest BCUT2D eigenvalue weighted by molar-refractivity contribution is -0.119. The first kappa shape index (κ1) is 27.0. The highest BCUT2D eigenvalue weighted by Gasteiger charge is 2.30. The molecule has 190 valence electrons. The molecule has 0 radical (unpaired) electrons. The zero-order valence-corrected chi connectivity index (χ0v) is 22.6. The van der Waals surface area contributed by atoms with E-state index in [0.717, 1.165) is 4.31 Å². The number of hydrazone groups is 1. The first-order chi connectivity index (χ1) is 17.2. The molecule has 0 aliphatic heterocycles. The van der Waals surface area contributed by atoms with Crippen molar-refractivity contribution >= 4 is 43.3 Å². The molecule has 36 heavy (non-hydrogen) atoms. The van der Waals surface area contributed by atoms with Crippen LogP contribution in [0.5, 0.6) is 17.2 Å². The summed E-state index contributed by atoms with van der Waals surface area (Å²) in [6, 6.07) is 18.2. The molecule has 11 heteroatoms.